The Morgan fingerprint density at radius 2 is 2.00 bits per heavy atom. The number of methoxy groups -OCH3 is 2. The molecule has 0 aliphatic rings. The summed E-state index contributed by atoms with van der Waals surface area (Å²) in [5.74, 6) is 1.25. The van der Waals surface area contributed by atoms with Crippen LogP contribution in [-0.4, -0.2) is 72.0 Å². The Morgan fingerprint density at radius 1 is 1.22 bits per heavy atom. The number of ether oxygens (including phenoxy) is 3. The van der Waals surface area contributed by atoms with E-state index in [1.807, 2.05) is 7.05 Å². The van der Waals surface area contributed by atoms with Gasteiger partial charge in [0.1, 0.15) is 11.5 Å². The molecule has 0 unspecified atom stereocenters. The number of hydrogen-bond acceptors (Lipinski definition) is 5. The van der Waals surface area contributed by atoms with Crippen molar-refractivity contribution >= 4 is 5.96 Å². The Kier molecular flexibility index (Phi) is 11.1. The van der Waals surface area contributed by atoms with Crippen molar-refractivity contribution in [2.24, 2.45) is 4.99 Å². The van der Waals surface area contributed by atoms with Crippen molar-refractivity contribution in [3.05, 3.63) is 23.8 Å². The molecule has 1 aromatic rings. The van der Waals surface area contributed by atoms with Gasteiger partial charge < -0.3 is 29.7 Å². The van der Waals surface area contributed by atoms with Crippen LogP contribution in [0, 0.1) is 0 Å². The van der Waals surface area contributed by atoms with Gasteiger partial charge >= 0.3 is 6.61 Å². The van der Waals surface area contributed by atoms with Crippen LogP contribution in [0.4, 0.5) is 8.78 Å². The topological polar surface area (TPSA) is 67.4 Å². The highest BCUT2D eigenvalue weighted by atomic mass is 19.3. The van der Waals surface area contributed by atoms with Crippen molar-refractivity contribution in [1.82, 2.24) is 15.5 Å². The van der Waals surface area contributed by atoms with Gasteiger partial charge in [-0.15, -0.1) is 0 Å². The van der Waals surface area contributed by atoms with Crippen molar-refractivity contribution in [1.29, 1.82) is 0 Å². The van der Waals surface area contributed by atoms with Crippen molar-refractivity contribution < 1.29 is 23.0 Å². The Labute approximate surface area is 159 Å². The number of nitrogens with zero attached hydrogens (tertiary/aromatic N) is 2. The molecule has 7 nitrogen and oxygen atoms in total. The molecule has 154 valence electrons. The molecule has 0 aliphatic heterocycles. The van der Waals surface area contributed by atoms with E-state index in [4.69, 9.17) is 9.47 Å². The predicted molar refractivity (Wildman–Crippen MR) is 102 cm³/mol. The Hall–Kier alpha value is -2.13. The lowest BCUT2D eigenvalue weighted by molar-refractivity contribution is -0.0504. The fourth-order valence-corrected chi connectivity index (χ4v) is 2.35. The third-order valence-electron chi connectivity index (χ3n) is 3.84. The second kappa shape index (κ2) is 13.1. The molecular formula is C18H30F2N4O3. The Morgan fingerprint density at radius 3 is 2.63 bits per heavy atom. The lowest BCUT2D eigenvalue weighted by Gasteiger charge is -2.17. The fourth-order valence-electron chi connectivity index (χ4n) is 2.35. The minimum absolute atomic E-state index is 0.105. The molecule has 0 heterocycles. The van der Waals surface area contributed by atoms with Crippen molar-refractivity contribution in [3.8, 4) is 11.5 Å². The fraction of sp³-hybridized carbons (Fsp3) is 0.611. The number of nitrogens with one attached hydrogen (secondary N) is 2. The highest BCUT2D eigenvalue weighted by Crippen LogP contribution is 2.25. The highest BCUT2D eigenvalue weighted by Gasteiger charge is 2.11. The van der Waals surface area contributed by atoms with Crippen molar-refractivity contribution in [2.45, 2.75) is 19.6 Å². The number of benzene rings is 1. The maximum Gasteiger partial charge on any atom is 0.387 e. The predicted octanol–water partition coefficient (Wildman–Crippen LogP) is 1.93. The standard InChI is InChI=1S/C18H30F2N4O3/c1-21-18(22-8-5-9-24(2)10-11-25-3)23-13-14-12-15(26-4)6-7-16(14)27-17(19)20/h6-7,12,17H,5,8-11,13H2,1-4H3,(H2,21,22,23). The number of alkyl halides is 2. The summed E-state index contributed by atoms with van der Waals surface area (Å²) in [6, 6.07) is 4.70. The summed E-state index contributed by atoms with van der Waals surface area (Å²) in [6.45, 7) is 0.630. The minimum atomic E-state index is -2.88. The normalized spacial score (nSPS) is 11.8. The van der Waals surface area contributed by atoms with Crippen LogP contribution in [0.3, 0.4) is 0 Å². The maximum absolute atomic E-state index is 12.6. The quantitative estimate of drug-likeness (QED) is 0.324. The van der Waals surface area contributed by atoms with Gasteiger partial charge in [-0.1, -0.05) is 0 Å². The first kappa shape index (κ1) is 22.9. The third-order valence-corrected chi connectivity index (χ3v) is 3.84. The maximum atomic E-state index is 12.6. The van der Waals surface area contributed by atoms with Gasteiger partial charge in [0.25, 0.3) is 0 Å². The van der Waals surface area contributed by atoms with E-state index < -0.39 is 6.61 Å². The van der Waals surface area contributed by atoms with Crippen molar-refractivity contribution in [3.63, 3.8) is 0 Å². The van der Waals surface area contributed by atoms with Gasteiger partial charge in [-0.05, 0) is 38.2 Å². The molecule has 0 saturated carbocycles. The molecule has 0 fully saturated rings. The van der Waals surface area contributed by atoms with E-state index in [2.05, 4.69) is 25.3 Å². The molecule has 9 heteroatoms. The van der Waals surface area contributed by atoms with Gasteiger partial charge in [-0.3, -0.25) is 4.99 Å². The first-order chi connectivity index (χ1) is 13.0. The summed E-state index contributed by atoms with van der Waals surface area (Å²) in [5, 5.41) is 6.30. The van der Waals surface area contributed by atoms with Crippen LogP contribution in [0.25, 0.3) is 0 Å². The van der Waals surface area contributed by atoms with Crippen LogP contribution in [0.15, 0.2) is 23.2 Å². The average Bonchev–Trinajstić information content (AvgIpc) is 2.66. The van der Waals surface area contributed by atoms with Crippen LogP contribution in [0.2, 0.25) is 0 Å². The molecule has 0 atom stereocenters. The van der Waals surface area contributed by atoms with E-state index in [0.717, 1.165) is 26.1 Å². The number of halogens is 2. The molecular weight excluding hydrogens is 358 g/mol. The molecule has 0 aliphatic carbocycles. The summed E-state index contributed by atoms with van der Waals surface area (Å²) in [6.07, 6.45) is 0.930. The van der Waals surface area contributed by atoms with E-state index in [0.29, 0.717) is 23.9 Å². The van der Waals surface area contributed by atoms with E-state index in [1.54, 1.807) is 26.3 Å². The largest absolute Gasteiger partial charge is 0.497 e. The second-order valence-electron chi connectivity index (χ2n) is 5.85. The number of guanidine groups is 1. The van der Waals surface area contributed by atoms with E-state index in [-0.39, 0.29) is 12.3 Å². The zero-order valence-electron chi connectivity index (χ0n) is 16.4. The zero-order chi connectivity index (χ0) is 20.1. The molecule has 0 bridgehead atoms. The van der Waals surface area contributed by atoms with E-state index >= 15 is 0 Å². The summed E-state index contributed by atoms with van der Waals surface area (Å²) < 4.78 is 39.9. The number of hydrogen-bond donors (Lipinski definition) is 2. The highest BCUT2D eigenvalue weighted by molar-refractivity contribution is 5.79. The Bertz CT molecular complexity index is 574. The van der Waals surface area contributed by atoms with Crippen LogP contribution in [0.5, 0.6) is 11.5 Å². The van der Waals surface area contributed by atoms with E-state index in [9.17, 15) is 8.78 Å². The van der Waals surface area contributed by atoms with Gasteiger partial charge in [-0.25, -0.2) is 0 Å². The molecule has 1 rings (SSSR count). The lowest BCUT2D eigenvalue weighted by Crippen LogP contribution is -2.38. The molecule has 2 N–H and O–H groups in total. The second-order valence-corrected chi connectivity index (χ2v) is 5.85. The smallest absolute Gasteiger partial charge is 0.387 e. The van der Waals surface area contributed by atoms with Gasteiger partial charge in [0.2, 0.25) is 0 Å². The average molecular weight is 388 g/mol. The van der Waals surface area contributed by atoms with Crippen LogP contribution < -0.4 is 20.1 Å². The molecule has 0 aromatic heterocycles. The molecule has 0 spiro atoms. The summed E-state index contributed by atoms with van der Waals surface area (Å²) in [5.41, 5.74) is 0.553. The minimum Gasteiger partial charge on any atom is -0.497 e. The van der Waals surface area contributed by atoms with Gasteiger partial charge in [0.05, 0.1) is 13.7 Å². The van der Waals surface area contributed by atoms with E-state index in [1.165, 1.54) is 13.2 Å². The summed E-state index contributed by atoms with van der Waals surface area (Å²) in [4.78, 5) is 6.33. The number of aliphatic imine (C=N–C) groups is 1. The first-order valence-corrected chi connectivity index (χ1v) is 8.73. The Balaban J connectivity index is 2.49. The molecule has 0 radical (unpaired) electrons. The number of likely N-dealkylation sites (N-methyl/N-ethyl adjacent to an activating group) is 1. The molecule has 1 aromatic carbocycles. The zero-order valence-corrected chi connectivity index (χ0v) is 16.4. The first-order valence-electron chi connectivity index (χ1n) is 8.73. The van der Waals surface area contributed by atoms with Gasteiger partial charge in [-0.2, -0.15) is 8.78 Å². The summed E-state index contributed by atoms with van der Waals surface area (Å²) in [7, 11) is 6.90. The molecule has 27 heavy (non-hydrogen) atoms. The summed E-state index contributed by atoms with van der Waals surface area (Å²) >= 11 is 0. The van der Waals surface area contributed by atoms with Crippen LogP contribution >= 0.6 is 0 Å². The number of rotatable bonds is 12. The SMILES string of the molecule is CN=C(NCCCN(C)CCOC)NCc1cc(OC)ccc1OC(F)F. The molecule has 0 amide bonds. The van der Waals surface area contributed by atoms with Gasteiger partial charge in [0, 0.05) is 39.4 Å². The third kappa shape index (κ3) is 9.39. The van der Waals surface area contributed by atoms with Crippen molar-refractivity contribution in [2.75, 3.05) is 54.6 Å². The van der Waals surface area contributed by atoms with Gasteiger partial charge in [0.15, 0.2) is 5.96 Å². The monoisotopic (exact) mass is 388 g/mol. The molecule has 0 saturated heterocycles. The van der Waals surface area contributed by atoms with Crippen LogP contribution in [0.1, 0.15) is 12.0 Å². The lowest BCUT2D eigenvalue weighted by atomic mass is 10.2. The van der Waals surface area contributed by atoms with Crippen LogP contribution in [-0.2, 0) is 11.3 Å².